The van der Waals surface area contributed by atoms with E-state index in [-0.39, 0.29) is 0 Å². The fourth-order valence-corrected chi connectivity index (χ4v) is 4.23. The summed E-state index contributed by atoms with van der Waals surface area (Å²) in [5.74, 6) is 5.71. The molecule has 0 radical (unpaired) electrons. The zero-order valence-electron chi connectivity index (χ0n) is 8.84. The molecule has 0 N–H and O–H groups in total. The van der Waals surface area contributed by atoms with Crippen molar-refractivity contribution in [2.45, 2.75) is 51.9 Å². The summed E-state index contributed by atoms with van der Waals surface area (Å²) in [6.45, 7) is 2.56. The summed E-state index contributed by atoms with van der Waals surface area (Å²) in [7, 11) is 0. The Morgan fingerprint density at radius 1 is 1.00 bits per heavy atom. The first kappa shape index (κ1) is 8.32. The molecule has 0 nitrogen and oxygen atoms in total. The lowest BCUT2D eigenvalue weighted by atomic mass is 9.79. The zero-order valence-corrected chi connectivity index (χ0v) is 8.84. The Kier molecular flexibility index (Phi) is 1.92. The van der Waals surface area contributed by atoms with Gasteiger partial charge >= 0.3 is 0 Å². The molecule has 3 aliphatic carbocycles. The average Bonchev–Trinajstić information content (AvgIpc) is 2.67. The van der Waals surface area contributed by atoms with Crippen molar-refractivity contribution in [2.75, 3.05) is 0 Å². The van der Waals surface area contributed by atoms with Gasteiger partial charge in [0.25, 0.3) is 0 Å². The molecule has 74 valence electrons. The number of hydrogen-bond acceptors (Lipinski definition) is 0. The summed E-state index contributed by atoms with van der Waals surface area (Å²) < 4.78 is 0. The summed E-state index contributed by atoms with van der Waals surface area (Å²) in [6, 6.07) is 0. The summed E-state index contributed by atoms with van der Waals surface area (Å²) in [5, 5.41) is 0. The minimum Gasteiger partial charge on any atom is -0.0620 e. The van der Waals surface area contributed by atoms with Gasteiger partial charge in [-0.3, -0.25) is 0 Å². The minimum atomic E-state index is 1.07. The van der Waals surface area contributed by atoms with Crippen molar-refractivity contribution < 1.29 is 0 Å². The van der Waals surface area contributed by atoms with E-state index in [0.717, 1.165) is 17.8 Å². The van der Waals surface area contributed by atoms with Gasteiger partial charge in [0.15, 0.2) is 0 Å². The van der Waals surface area contributed by atoms with E-state index in [1.165, 1.54) is 24.7 Å². The molecule has 0 spiro atoms. The molecule has 3 aliphatic rings. The van der Waals surface area contributed by atoms with E-state index in [1.807, 2.05) is 0 Å². The van der Waals surface area contributed by atoms with Crippen LogP contribution in [0.25, 0.3) is 0 Å². The summed E-state index contributed by atoms with van der Waals surface area (Å²) >= 11 is 0. The SMILES string of the molecule is CC(C1CCCC1)C1CCC2CC21. The predicted octanol–water partition coefficient (Wildman–Crippen LogP) is 3.86. The molecule has 3 fully saturated rings. The van der Waals surface area contributed by atoms with Crippen LogP contribution in [0.15, 0.2) is 0 Å². The average molecular weight is 178 g/mol. The van der Waals surface area contributed by atoms with Crippen LogP contribution in [0, 0.1) is 29.6 Å². The summed E-state index contributed by atoms with van der Waals surface area (Å²) in [6.07, 6.45) is 10.9. The van der Waals surface area contributed by atoms with Gasteiger partial charge in [-0.05, 0) is 48.9 Å². The molecule has 3 rings (SSSR count). The van der Waals surface area contributed by atoms with Gasteiger partial charge in [-0.1, -0.05) is 32.6 Å². The highest BCUT2D eigenvalue weighted by atomic mass is 14.6. The summed E-state index contributed by atoms with van der Waals surface area (Å²) in [4.78, 5) is 0. The Morgan fingerprint density at radius 3 is 2.31 bits per heavy atom. The lowest BCUT2D eigenvalue weighted by Crippen LogP contribution is -2.18. The molecule has 0 heterocycles. The Morgan fingerprint density at radius 2 is 1.77 bits per heavy atom. The molecule has 0 bridgehead atoms. The van der Waals surface area contributed by atoms with Crippen molar-refractivity contribution >= 4 is 0 Å². The van der Waals surface area contributed by atoms with Gasteiger partial charge in [0.2, 0.25) is 0 Å². The molecule has 13 heavy (non-hydrogen) atoms. The van der Waals surface area contributed by atoms with Crippen LogP contribution in [-0.4, -0.2) is 0 Å². The van der Waals surface area contributed by atoms with Crippen LogP contribution in [0.1, 0.15) is 51.9 Å². The van der Waals surface area contributed by atoms with Gasteiger partial charge in [0.1, 0.15) is 0 Å². The maximum Gasteiger partial charge on any atom is -0.0352 e. The van der Waals surface area contributed by atoms with E-state index in [2.05, 4.69) is 6.92 Å². The number of hydrogen-bond donors (Lipinski definition) is 0. The molecular formula is C13H22. The first-order chi connectivity index (χ1) is 6.36. The van der Waals surface area contributed by atoms with E-state index >= 15 is 0 Å². The molecule has 4 unspecified atom stereocenters. The highest BCUT2D eigenvalue weighted by molar-refractivity contribution is 5.00. The third-order valence-electron chi connectivity index (χ3n) is 5.22. The second-order valence-corrected chi connectivity index (χ2v) is 5.80. The molecule has 4 atom stereocenters. The largest absolute Gasteiger partial charge is 0.0620 e. The van der Waals surface area contributed by atoms with Gasteiger partial charge in [0, 0.05) is 0 Å². The van der Waals surface area contributed by atoms with Crippen molar-refractivity contribution in [3.05, 3.63) is 0 Å². The predicted molar refractivity (Wildman–Crippen MR) is 55.4 cm³/mol. The Labute approximate surface area is 82.1 Å². The second kappa shape index (κ2) is 3.00. The molecule has 0 saturated heterocycles. The quantitative estimate of drug-likeness (QED) is 0.602. The zero-order chi connectivity index (χ0) is 8.84. The molecule has 0 aromatic heterocycles. The van der Waals surface area contributed by atoms with Crippen molar-refractivity contribution in [1.29, 1.82) is 0 Å². The molecule has 0 aromatic rings. The van der Waals surface area contributed by atoms with Crippen LogP contribution in [0.2, 0.25) is 0 Å². The maximum absolute atomic E-state index is 2.56. The van der Waals surface area contributed by atoms with Gasteiger partial charge in [-0.25, -0.2) is 0 Å². The Bertz CT molecular complexity index is 190. The van der Waals surface area contributed by atoms with E-state index in [0.29, 0.717) is 0 Å². The first-order valence-electron chi connectivity index (χ1n) is 6.36. The third-order valence-corrected chi connectivity index (χ3v) is 5.22. The van der Waals surface area contributed by atoms with E-state index in [9.17, 15) is 0 Å². The summed E-state index contributed by atoms with van der Waals surface area (Å²) in [5.41, 5.74) is 0. The Balaban J connectivity index is 1.63. The molecular weight excluding hydrogens is 156 g/mol. The highest BCUT2D eigenvalue weighted by Gasteiger charge is 2.50. The van der Waals surface area contributed by atoms with Crippen LogP contribution in [0.5, 0.6) is 0 Å². The molecule has 0 aliphatic heterocycles. The van der Waals surface area contributed by atoms with E-state index in [1.54, 1.807) is 32.1 Å². The lowest BCUT2D eigenvalue weighted by molar-refractivity contribution is 0.231. The van der Waals surface area contributed by atoms with Crippen LogP contribution in [0.4, 0.5) is 0 Å². The van der Waals surface area contributed by atoms with Crippen molar-refractivity contribution in [1.82, 2.24) is 0 Å². The first-order valence-corrected chi connectivity index (χ1v) is 6.36. The third kappa shape index (κ3) is 1.33. The topological polar surface area (TPSA) is 0 Å². The fourth-order valence-electron chi connectivity index (χ4n) is 4.23. The van der Waals surface area contributed by atoms with Crippen LogP contribution in [0.3, 0.4) is 0 Å². The Hall–Kier alpha value is 0. The monoisotopic (exact) mass is 178 g/mol. The van der Waals surface area contributed by atoms with Crippen LogP contribution in [-0.2, 0) is 0 Å². The minimum absolute atomic E-state index is 1.07. The van der Waals surface area contributed by atoms with Crippen molar-refractivity contribution in [3.8, 4) is 0 Å². The van der Waals surface area contributed by atoms with Crippen molar-refractivity contribution in [2.24, 2.45) is 29.6 Å². The van der Waals surface area contributed by atoms with Gasteiger partial charge in [-0.2, -0.15) is 0 Å². The smallest absolute Gasteiger partial charge is 0.0352 e. The van der Waals surface area contributed by atoms with E-state index in [4.69, 9.17) is 0 Å². The number of fused-ring (bicyclic) bond motifs is 1. The van der Waals surface area contributed by atoms with Gasteiger partial charge in [-0.15, -0.1) is 0 Å². The normalized spacial score (nSPS) is 46.4. The van der Waals surface area contributed by atoms with Gasteiger partial charge in [0.05, 0.1) is 0 Å². The van der Waals surface area contributed by atoms with Crippen molar-refractivity contribution in [3.63, 3.8) is 0 Å². The van der Waals surface area contributed by atoms with Crippen LogP contribution >= 0.6 is 0 Å². The highest BCUT2D eigenvalue weighted by Crippen LogP contribution is 2.59. The fraction of sp³-hybridized carbons (Fsp3) is 1.00. The number of rotatable bonds is 2. The molecule has 0 aromatic carbocycles. The lowest BCUT2D eigenvalue weighted by Gasteiger charge is -2.26. The van der Waals surface area contributed by atoms with Crippen LogP contribution < -0.4 is 0 Å². The second-order valence-electron chi connectivity index (χ2n) is 5.80. The maximum atomic E-state index is 2.56. The molecule has 3 saturated carbocycles. The van der Waals surface area contributed by atoms with Gasteiger partial charge < -0.3 is 0 Å². The van der Waals surface area contributed by atoms with E-state index < -0.39 is 0 Å². The standard InChI is InChI=1S/C13H22/c1-9(10-4-2-3-5-10)12-7-6-11-8-13(11)12/h9-13H,2-8H2,1H3. The molecule has 0 amide bonds. The molecule has 0 heteroatoms.